The summed E-state index contributed by atoms with van der Waals surface area (Å²) in [5.74, 6) is 0. The minimum absolute atomic E-state index is 2.00. The zero-order valence-corrected chi connectivity index (χ0v) is 13.5. The van der Waals surface area contributed by atoms with Gasteiger partial charge >= 0.3 is 25.8 Å². The number of aromatic nitrogens is 1. The van der Waals surface area contributed by atoms with Crippen LogP contribution >= 0.6 is 0 Å². The predicted molar refractivity (Wildman–Crippen MR) is 69.7 cm³/mol. The lowest BCUT2D eigenvalue weighted by atomic mass is 10.7. The first-order valence-electron chi connectivity index (χ1n) is 5.46. The Balaban J connectivity index is 2.35. The second-order valence-corrected chi connectivity index (χ2v) is 15.5. The van der Waals surface area contributed by atoms with Gasteiger partial charge in [0.05, 0.1) is 0 Å². The predicted octanol–water partition coefficient (Wildman–Crippen LogP) is 2.37. The Bertz CT molecular complexity index is 361. The van der Waals surface area contributed by atoms with Gasteiger partial charge in [-0.3, -0.25) is 0 Å². The van der Waals surface area contributed by atoms with Gasteiger partial charge in [-0.15, -0.1) is 0 Å². The summed E-state index contributed by atoms with van der Waals surface area (Å²) < 4.78 is 20.5. The van der Waals surface area contributed by atoms with Crippen LogP contribution in [0.4, 0.5) is 0 Å². The highest BCUT2D eigenvalue weighted by Gasteiger charge is 2.54. The van der Waals surface area contributed by atoms with E-state index in [9.17, 15) is 0 Å². The standard InChI is InChI=1S/C9H19NO3Si3/c1-14(2)11-15(3,4)13-16(5,12-14)10-8-6-7-9-10/h6-9H,1-5H3. The largest absolute Gasteiger partial charge is 0.442 e. The average Bonchev–Trinajstić information content (AvgIpc) is 2.46. The summed E-state index contributed by atoms with van der Waals surface area (Å²) in [5.41, 5.74) is 0. The molecule has 0 bridgehead atoms. The molecule has 0 saturated carbocycles. The quantitative estimate of drug-likeness (QED) is 0.737. The maximum Gasteiger partial charge on any atom is 0.442 e. The first-order chi connectivity index (χ1) is 7.23. The second kappa shape index (κ2) is 3.65. The molecule has 1 aromatic heterocycles. The molecule has 1 aromatic rings. The Kier molecular flexibility index (Phi) is 2.80. The highest BCUT2D eigenvalue weighted by molar-refractivity contribution is 6.92. The van der Waals surface area contributed by atoms with Crippen molar-refractivity contribution in [2.24, 2.45) is 0 Å². The molecule has 2 rings (SSSR count). The minimum Gasteiger partial charge on any atom is -0.416 e. The number of rotatable bonds is 1. The summed E-state index contributed by atoms with van der Waals surface area (Å²) in [4.78, 5) is 0. The van der Waals surface area contributed by atoms with Crippen molar-refractivity contribution in [1.82, 2.24) is 4.23 Å². The van der Waals surface area contributed by atoms with Crippen LogP contribution in [0.2, 0.25) is 32.7 Å². The third kappa shape index (κ3) is 2.39. The zero-order chi connectivity index (χ0) is 12.0. The molecule has 16 heavy (non-hydrogen) atoms. The molecule has 2 heterocycles. The van der Waals surface area contributed by atoms with Gasteiger partial charge in [0.1, 0.15) is 0 Å². The van der Waals surface area contributed by atoms with E-state index in [1.54, 1.807) is 0 Å². The van der Waals surface area contributed by atoms with Crippen LogP contribution in [0.1, 0.15) is 0 Å². The van der Waals surface area contributed by atoms with Crippen molar-refractivity contribution in [3.05, 3.63) is 24.5 Å². The van der Waals surface area contributed by atoms with Gasteiger partial charge < -0.3 is 16.6 Å². The van der Waals surface area contributed by atoms with Crippen molar-refractivity contribution in [2.75, 3.05) is 0 Å². The van der Waals surface area contributed by atoms with Gasteiger partial charge in [-0.1, -0.05) is 0 Å². The van der Waals surface area contributed by atoms with Crippen LogP contribution in [0.25, 0.3) is 0 Å². The highest BCUT2D eigenvalue weighted by atomic mass is 28.5. The van der Waals surface area contributed by atoms with E-state index in [0.717, 1.165) is 0 Å². The van der Waals surface area contributed by atoms with E-state index in [1.165, 1.54) is 0 Å². The lowest BCUT2D eigenvalue weighted by molar-refractivity contribution is 0.225. The molecular weight excluding hydrogens is 254 g/mol. The van der Waals surface area contributed by atoms with Gasteiger partial charge in [0.25, 0.3) is 0 Å². The van der Waals surface area contributed by atoms with Crippen molar-refractivity contribution < 1.29 is 12.3 Å². The molecule has 4 nitrogen and oxygen atoms in total. The first kappa shape index (κ1) is 12.3. The Hall–Kier alpha value is -0.189. The minimum atomic E-state index is -2.32. The third-order valence-electron chi connectivity index (χ3n) is 2.44. The molecule has 0 spiro atoms. The van der Waals surface area contributed by atoms with Gasteiger partial charge in [0, 0.05) is 0 Å². The summed E-state index contributed by atoms with van der Waals surface area (Å²) in [6.07, 6.45) is 4.04. The molecule has 0 aromatic carbocycles. The van der Waals surface area contributed by atoms with Gasteiger partial charge in [-0.2, -0.15) is 0 Å². The van der Waals surface area contributed by atoms with E-state index in [4.69, 9.17) is 12.3 Å². The SMILES string of the molecule is C[Si]1(C)O[Si](C)(C)O[Si](C)(n2cccc2)O1. The fraction of sp³-hybridized carbons (Fsp3) is 0.556. The summed E-state index contributed by atoms with van der Waals surface area (Å²) in [7, 11) is -6.40. The van der Waals surface area contributed by atoms with Gasteiger partial charge in [-0.25, -0.2) is 0 Å². The molecule has 0 amide bonds. The number of nitrogens with zero attached hydrogens (tertiary/aromatic N) is 1. The van der Waals surface area contributed by atoms with Crippen LogP contribution in [0.15, 0.2) is 24.5 Å². The van der Waals surface area contributed by atoms with Crippen molar-refractivity contribution in [3.63, 3.8) is 0 Å². The van der Waals surface area contributed by atoms with Crippen LogP contribution in [0.5, 0.6) is 0 Å². The van der Waals surface area contributed by atoms with Gasteiger partial charge in [0.2, 0.25) is 0 Å². The van der Waals surface area contributed by atoms with Crippen molar-refractivity contribution >= 4 is 25.8 Å². The van der Waals surface area contributed by atoms with Crippen molar-refractivity contribution in [2.45, 2.75) is 32.7 Å². The Labute approximate surface area is 100.0 Å². The summed E-state index contributed by atoms with van der Waals surface area (Å²) in [6.45, 7) is 10.5. The number of hydrogen-bond acceptors (Lipinski definition) is 3. The molecule has 90 valence electrons. The molecule has 0 atom stereocenters. The maximum absolute atomic E-state index is 6.17. The van der Waals surface area contributed by atoms with Crippen LogP contribution in [0.3, 0.4) is 0 Å². The van der Waals surface area contributed by atoms with Crippen molar-refractivity contribution in [3.8, 4) is 0 Å². The van der Waals surface area contributed by atoms with E-state index in [1.807, 2.05) is 24.5 Å². The summed E-state index contributed by atoms with van der Waals surface area (Å²) in [5, 5.41) is 0. The Morgan fingerprint density at radius 2 is 1.19 bits per heavy atom. The summed E-state index contributed by atoms with van der Waals surface area (Å²) >= 11 is 0. The molecule has 0 N–H and O–H groups in total. The zero-order valence-electron chi connectivity index (χ0n) is 10.5. The molecule has 1 aliphatic heterocycles. The van der Waals surface area contributed by atoms with Gasteiger partial charge in [-0.05, 0) is 57.3 Å². The Morgan fingerprint density at radius 3 is 1.62 bits per heavy atom. The van der Waals surface area contributed by atoms with Gasteiger partial charge in [0.15, 0.2) is 0 Å². The monoisotopic (exact) mass is 273 g/mol. The second-order valence-electron chi connectivity index (χ2n) is 5.09. The van der Waals surface area contributed by atoms with Crippen LogP contribution in [-0.4, -0.2) is 30.1 Å². The lowest BCUT2D eigenvalue weighted by Gasteiger charge is -2.47. The molecule has 1 saturated heterocycles. The molecule has 1 fully saturated rings. The van der Waals surface area contributed by atoms with E-state index < -0.39 is 25.8 Å². The summed E-state index contributed by atoms with van der Waals surface area (Å²) in [6, 6.07) is 4.01. The molecule has 1 aliphatic rings. The Morgan fingerprint density at radius 1 is 0.750 bits per heavy atom. The normalized spacial score (nSPS) is 26.6. The highest BCUT2D eigenvalue weighted by Crippen LogP contribution is 2.31. The van der Waals surface area contributed by atoms with Crippen LogP contribution in [0, 0.1) is 0 Å². The molecule has 0 unspecified atom stereocenters. The first-order valence-corrected chi connectivity index (χ1v) is 13.4. The topological polar surface area (TPSA) is 32.6 Å². The average molecular weight is 274 g/mol. The van der Waals surface area contributed by atoms with E-state index >= 15 is 0 Å². The molecule has 7 heteroatoms. The molecular formula is C9H19NO3Si3. The van der Waals surface area contributed by atoms with Crippen LogP contribution in [-0.2, 0) is 12.3 Å². The lowest BCUT2D eigenvalue weighted by Crippen LogP contribution is -2.68. The molecule has 0 radical (unpaired) electrons. The smallest absolute Gasteiger partial charge is 0.416 e. The fourth-order valence-corrected chi connectivity index (χ4v) is 17.5. The molecule has 0 aliphatic carbocycles. The van der Waals surface area contributed by atoms with E-state index in [2.05, 4.69) is 37.0 Å². The third-order valence-corrected chi connectivity index (χ3v) is 14.6. The number of hydrogen-bond donors (Lipinski definition) is 0. The van der Waals surface area contributed by atoms with E-state index in [0.29, 0.717) is 0 Å². The van der Waals surface area contributed by atoms with Crippen LogP contribution < -0.4 is 0 Å². The maximum atomic E-state index is 6.17. The van der Waals surface area contributed by atoms with E-state index in [-0.39, 0.29) is 0 Å². The fourth-order valence-electron chi connectivity index (χ4n) is 2.28. The van der Waals surface area contributed by atoms with Crippen molar-refractivity contribution in [1.29, 1.82) is 0 Å².